The summed E-state index contributed by atoms with van der Waals surface area (Å²) in [5, 5.41) is 7.74. The predicted molar refractivity (Wildman–Crippen MR) is 89.8 cm³/mol. The number of hydrogen-bond donors (Lipinski definition) is 3. The predicted octanol–water partition coefficient (Wildman–Crippen LogP) is 0.508. The number of carbonyl (C=O) groups is 2. The van der Waals surface area contributed by atoms with E-state index in [1.54, 1.807) is 31.2 Å². The summed E-state index contributed by atoms with van der Waals surface area (Å²) in [4.78, 5) is 24.0. The molecule has 1 saturated heterocycles. The van der Waals surface area contributed by atoms with Gasteiger partial charge in [0.25, 0.3) is 0 Å². The summed E-state index contributed by atoms with van der Waals surface area (Å²) in [6.45, 7) is 1.54. The van der Waals surface area contributed by atoms with Gasteiger partial charge in [-0.05, 0) is 25.5 Å². The van der Waals surface area contributed by atoms with E-state index in [-0.39, 0.29) is 11.5 Å². The molecular weight excluding hydrogens is 334 g/mol. The maximum Gasteiger partial charge on any atom is 0.315 e. The van der Waals surface area contributed by atoms with Crippen molar-refractivity contribution in [3.05, 3.63) is 24.3 Å². The molecule has 0 bridgehead atoms. The van der Waals surface area contributed by atoms with Crippen molar-refractivity contribution in [3.8, 4) is 5.75 Å². The number of anilines is 1. The topological polar surface area (TPSA) is 114 Å². The summed E-state index contributed by atoms with van der Waals surface area (Å²) >= 11 is 0. The first kappa shape index (κ1) is 18.1. The zero-order valence-corrected chi connectivity index (χ0v) is 14.4. The van der Waals surface area contributed by atoms with Gasteiger partial charge >= 0.3 is 6.03 Å². The molecule has 0 aliphatic carbocycles. The van der Waals surface area contributed by atoms with Crippen LogP contribution in [-0.4, -0.2) is 51.1 Å². The van der Waals surface area contributed by atoms with Gasteiger partial charge in [-0.1, -0.05) is 6.07 Å². The summed E-state index contributed by atoms with van der Waals surface area (Å²) in [5.41, 5.74) is 0.551. The standard InChI is InChI=1S/C15H21N3O5S/c1-10(14(19)17-11-4-3-5-13(8-11)23-2)16-15(20)18-12-6-7-24(21,22)9-12/h3-5,8,10,12H,6-7,9H2,1-2H3,(H,17,19)(H2,16,18,20). The fourth-order valence-corrected chi connectivity index (χ4v) is 4.02. The van der Waals surface area contributed by atoms with Crippen LogP contribution >= 0.6 is 0 Å². The second-order valence-corrected chi connectivity index (χ2v) is 7.89. The molecule has 0 aromatic heterocycles. The number of sulfone groups is 1. The minimum absolute atomic E-state index is 0.0647. The lowest BCUT2D eigenvalue weighted by molar-refractivity contribution is -0.117. The number of nitrogens with one attached hydrogen (secondary N) is 3. The lowest BCUT2D eigenvalue weighted by atomic mass is 10.2. The molecule has 0 radical (unpaired) electrons. The largest absolute Gasteiger partial charge is 0.497 e. The normalized spacial score (nSPS) is 20.0. The minimum atomic E-state index is -3.07. The zero-order chi connectivity index (χ0) is 17.7. The van der Waals surface area contributed by atoms with Gasteiger partial charge in [0.2, 0.25) is 5.91 Å². The van der Waals surface area contributed by atoms with Crippen molar-refractivity contribution in [2.45, 2.75) is 25.4 Å². The number of amides is 3. The van der Waals surface area contributed by atoms with Crippen LogP contribution in [0.1, 0.15) is 13.3 Å². The highest BCUT2D eigenvalue weighted by atomic mass is 32.2. The van der Waals surface area contributed by atoms with E-state index in [2.05, 4.69) is 16.0 Å². The lowest BCUT2D eigenvalue weighted by Crippen LogP contribution is -2.49. The molecule has 3 N–H and O–H groups in total. The lowest BCUT2D eigenvalue weighted by Gasteiger charge is -2.17. The van der Waals surface area contributed by atoms with Crippen LogP contribution in [-0.2, 0) is 14.6 Å². The van der Waals surface area contributed by atoms with Crippen LogP contribution in [0, 0.1) is 0 Å². The van der Waals surface area contributed by atoms with Gasteiger partial charge in [-0.15, -0.1) is 0 Å². The Labute approximate surface area is 140 Å². The Morgan fingerprint density at radius 3 is 2.71 bits per heavy atom. The number of methoxy groups -OCH3 is 1. The SMILES string of the molecule is COc1cccc(NC(=O)C(C)NC(=O)NC2CCS(=O)(=O)C2)c1. The van der Waals surface area contributed by atoms with Crippen molar-refractivity contribution in [3.63, 3.8) is 0 Å². The van der Waals surface area contributed by atoms with E-state index < -0.39 is 33.9 Å². The molecule has 0 saturated carbocycles. The number of hydrogen-bond acceptors (Lipinski definition) is 5. The minimum Gasteiger partial charge on any atom is -0.497 e. The van der Waals surface area contributed by atoms with E-state index in [4.69, 9.17) is 4.74 Å². The van der Waals surface area contributed by atoms with E-state index in [0.29, 0.717) is 17.9 Å². The molecule has 1 aromatic carbocycles. The molecular formula is C15H21N3O5S. The first-order chi connectivity index (χ1) is 11.3. The molecule has 1 fully saturated rings. The van der Waals surface area contributed by atoms with Crippen LogP contribution in [0.25, 0.3) is 0 Å². The van der Waals surface area contributed by atoms with Crippen molar-refractivity contribution in [2.24, 2.45) is 0 Å². The highest BCUT2D eigenvalue weighted by Gasteiger charge is 2.29. The van der Waals surface area contributed by atoms with Crippen LogP contribution in [0.15, 0.2) is 24.3 Å². The Hall–Kier alpha value is -2.29. The zero-order valence-electron chi connectivity index (χ0n) is 13.5. The smallest absolute Gasteiger partial charge is 0.315 e. The number of urea groups is 1. The van der Waals surface area contributed by atoms with Gasteiger partial charge in [0, 0.05) is 17.8 Å². The maximum absolute atomic E-state index is 12.1. The van der Waals surface area contributed by atoms with Crippen molar-refractivity contribution in [2.75, 3.05) is 23.9 Å². The molecule has 2 atom stereocenters. The summed E-state index contributed by atoms with van der Waals surface area (Å²) in [7, 11) is -1.54. The third-order valence-electron chi connectivity index (χ3n) is 3.65. The average molecular weight is 355 g/mol. The van der Waals surface area contributed by atoms with Gasteiger partial charge in [-0.25, -0.2) is 13.2 Å². The fraction of sp³-hybridized carbons (Fsp3) is 0.467. The van der Waals surface area contributed by atoms with Gasteiger partial charge in [0.1, 0.15) is 11.8 Å². The van der Waals surface area contributed by atoms with E-state index in [9.17, 15) is 18.0 Å². The third kappa shape index (κ3) is 5.12. The molecule has 2 rings (SSSR count). The van der Waals surface area contributed by atoms with Gasteiger partial charge < -0.3 is 20.7 Å². The van der Waals surface area contributed by atoms with E-state index >= 15 is 0 Å². The quantitative estimate of drug-likeness (QED) is 0.712. The maximum atomic E-state index is 12.1. The van der Waals surface area contributed by atoms with Gasteiger partial charge in [0.05, 0.1) is 18.6 Å². The number of benzene rings is 1. The van der Waals surface area contributed by atoms with Crippen molar-refractivity contribution >= 4 is 27.5 Å². The molecule has 2 unspecified atom stereocenters. The summed E-state index contributed by atoms with van der Waals surface area (Å²) in [5.74, 6) is 0.222. The van der Waals surface area contributed by atoms with E-state index in [0.717, 1.165) is 0 Å². The van der Waals surface area contributed by atoms with Gasteiger partial charge in [-0.2, -0.15) is 0 Å². The molecule has 8 nitrogen and oxygen atoms in total. The Morgan fingerprint density at radius 2 is 2.08 bits per heavy atom. The van der Waals surface area contributed by atoms with Crippen LogP contribution < -0.4 is 20.7 Å². The molecule has 1 aliphatic rings. The first-order valence-corrected chi connectivity index (χ1v) is 9.33. The first-order valence-electron chi connectivity index (χ1n) is 7.51. The summed E-state index contributed by atoms with van der Waals surface area (Å²) in [6, 6.07) is 5.09. The summed E-state index contributed by atoms with van der Waals surface area (Å²) < 4.78 is 27.8. The molecule has 1 heterocycles. The number of rotatable bonds is 5. The third-order valence-corrected chi connectivity index (χ3v) is 5.41. The van der Waals surface area contributed by atoms with Crippen LogP contribution in [0.2, 0.25) is 0 Å². The van der Waals surface area contributed by atoms with Crippen LogP contribution in [0.3, 0.4) is 0 Å². The number of ether oxygens (including phenoxy) is 1. The second-order valence-electron chi connectivity index (χ2n) is 5.66. The highest BCUT2D eigenvalue weighted by molar-refractivity contribution is 7.91. The monoisotopic (exact) mass is 355 g/mol. The van der Waals surface area contributed by atoms with E-state index in [1.807, 2.05) is 0 Å². The summed E-state index contributed by atoms with van der Waals surface area (Å²) in [6.07, 6.45) is 0.389. The van der Waals surface area contributed by atoms with Gasteiger partial charge in [0.15, 0.2) is 9.84 Å². The van der Waals surface area contributed by atoms with Crippen molar-refractivity contribution in [1.29, 1.82) is 0 Å². The molecule has 3 amide bonds. The second kappa shape index (κ2) is 7.52. The van der Waals surface area contributed by atoms with Crippen molar-refractivity contribution < 1.29 is 22.7 Å². The molecule has 9 heteroatoms. The molecule has 132 valence electrons. The Bertz CT molecular complexity index is 720. The molecule has 24 heavy (non-hydrogen) atoms. The Morgan fingerprint density at radius 1 is 1.33 bits per heavy atom. The van der Waals surface area contributed by atoms with E-state index in [1.165, 1.54) is 7.11 Å². The highest BCUT2D eigenvalue weighted by Crippen LogP contribution is 2.16. The average Bonchev–Trinajstić information content (AvgIpc) is 2.85. The Kier molecular flexibility index (Phi) is 5.66. The van der Waals surface area contributed by atoms with Crippen molar-refractivity contribution in [1.82, 2.24) is 10.6 Å². The molecule has 0 spiro atoms. The van der Waals surface area contributed by atoms with Crippen LogP contribution in [0.5, 0.6) is 5.75 Å². The fourth-order valence-electron chi connectivity index (χ4n) is 2.35. The Balaban J connectivity index is 1.83. The number of carbonyl (C=O) groups excluding carboxylic acids is 2. The molecule has 1 aliphatic heterocycles. The molecule has 1 aromatic rings. The van der Waals surface area contributed by atoms with Gasteiger partial charge in [-0.3, -0.25) is 4.79 Å². The van der Waals surface area contributed by atoms with Crippen LogP contribution in [0.4, 0.5) is 10.5 Å².